The van der Waals surface area contributed by atoms with Crippen molar-refractivity contribution in [3.8, 4) is 5.75 Å². The van der Waals surface area contributed by atoms with Crippen LogP contribution in [0.1, 0.15) is 0 Å². The monoisotopic (exact) mass is 235 g/mol. The lowest BCUT2D eigenvalue weighted by Gasteiger charge is -2.03. The van der Waals surface area contributed by atoms with Crippen molar-refractivity contribution in [3.63, 3.8) is 0 Å². The van der Waals surface area contributed by atoms with Crippen LogP contribution in [0.4, 0.5) is 9.57 Å². The van der Waals surface area contributed by atoms with Crippen LogP contribution in [0.25, 0.3) is 0 Å². The van der Waals surface area contributed by atoms with Crippen LogP contribution in [0, 0.1) is 10.1 Å². The predicted octanol–water partition coefficient (Wildman–Crippen LogP) is 1.26. The summed E-state index contributed by atoms with van der Waals surface area (Å²) < 4.78 is 38.3. The summed E-state index contributed by atoms with van der Waals surface area (Å²) >= 11 is 0. The van der Waals surface area contributed by atoms with Gasteiger partial charge in [0.05, 0.1) is 18.1 Å². The van der Waals surface area contributed by atoms with E-state index in [9.17, 15) is 22.4 Å². The van der Waals surface area contributed by atoms with Gasteiger partial charge in [-0.3, -0.25) is 10.1 Å². The third kappa shape index (κ3) is 2.40. The smallest absolute Gasteiger partial charge is 0.335 e. The number of hydrogen-bond acceptors (Lipinski definition) is 5. The molecule has 0 fully saturated rings. The number of hydrogen-bond donors (Lipinski definition) is 0. The van der Waals surface area contributed by atoms with Crippen molar-refractivity contribution >= 4 is 15.9 Å². The van der Waals surface area contributed by atoms with Crippen LogP contribution in [0.3, 0.4) is 0 Å². The molecule has 82 valence electrons. The number of benzene rings is 1. The van der Waals surface area contributed by atoms with E-state index in [-0.39, 0.29) is 5.69 Å². The number of nitro benzene ring substituents is 1. The minimum atomic E-state index is -4.94. The highest BCUT2D eigenvalue weighted by Gasteiger charge is 2.21. The summed E-state index contributed by atoms with van der Waals surface area (Å²) in [7, 11) is -3.84. The lowest BCUT2D eigenvalue weighted by molar-refractivity contribution is -0.385. The van der Waals surface area contributed by atoms with Crippen LogP contribution >= 0.6 is 0 Å². The van der Waals surface area contributed by atoms with Gasteiger partial charge in [0, 0.05) is 6.07 Å². The van der Waals surface area contributed by atoms with Crippen molar-refractivity contribution < 1.29 is 22.0 Å². The van der Waals surface area contributed by atoms with E-state index in [2.05, 4.69) is 4.74 Å². The number of methoxy groups -OCH3 is 1. The van der Waals surface area contributed by atoms with Crippen molar-refractivity contribution in [2.24, 2.45) is 0 Å². The van der Waals surface area contributed by atoms with Crippen molar-refractivity contribution in [1.82, 2.24) is 0 Å². The Kier molecular flexibility index (Phi) is 2.89. The molecule has 8 heteroatoms. The topological polar surface area (TPSA) is 86.5 Å². The molecular formula is C7H6FNO5S. The van der Waals surface area contributed by atoms with Crippen molar-refractivity contribution in [2.45, 2.75) is 4.90 Å². The van der Waals surface area contributed by atoms with Crippen molar-refractivity contribution in [3.05, 3.63) is 28.3 Å². The van der Waals surface area contributed by atoms with Crippen LogP contribution in [0.2, 0.25) is 0 Å². The molecule has 0 amide bonds. The highest BCUT2D eigenvalue weighted by molar-refractivity contribution is 7.86. The molecule has 0 saturated carbocycles. The fourth-order valence-electron chi connectivity index (χ4n) is 0.971. The molecule has 0 unspecified atom stereocenters. The normalized spacial score (nSPS) is 11.1. The third-order valence-corrected chi connectivity index (χ3v) is 2.48. The highest BCUT2D eigenvalue weighted by atomic mass is 32.3. The van der Waals surface area contributed by atoms with Crippen LogP contribution in [-0.4, -0.2) is 20.5 Å². The Balaban J connectivity index is 3.40. The van der Waals surface area contributed by atoms with E-state index in [0.29, 0.717) is 0 Å². The van der Waals surface area contributed by atoms with Crippen molar-refractivity contribution in [1.29, 1.82) is 0 Å². The largest absolute Gasteiger partial charge is 0.495 e. The van der Waals surface area contributed by atoms with E-state index >= 15 is 0 Å². The molecule has 6 nitrogen and oxygen atoms in total. The van der Waals surface area contributed by atoms with Gasteiger partial charge in [0.2, 0.25) is 0 Å². The average Bonchev–Trinajstić information content (AvgIpc) is 2.15. The predicted molar refractivity (Wildman–Crippen MR) is 47.9 cm³/mol. The lowest BCUT2D eigenvalue weighted by atomic mass is 10.3. The van der Waals surface area contributed by atoms with Crippen LogP contribution in [0.15, 0.2) is 23.1 Å². The first kappa shape index (κ1) is 11.4. The number of non-ortho nitro benzene ring substituents is 1. The zero-order chi connectivity index (χ0) is 11.6. The molecule has 0 atom stereocenters. The summed E-state index contributed by atoms with van der Waals surface area (Å²) in [6.07, 6.45) is 0. The molecule has 1 aromatic carbocycles. The van der Waals surface area contributed by atoms with E-state index in [1.807, 2.05) is 0 Å². The van der Waals surface area contributed by atoms with E-state index < -0.39 is 25.8 Å². The summed E-state index contributed by atoms with van der Waals surface area (Å²) in [5.74, 6) is -0.397. The Morgan fingerprint density at radius 1 is 1.47 bits per heavy atom. The lowest BCUT2D eigenvalue weighted by Crippen LogP contribution is -1.98. The molecule has 0 N–H and O–H groups in total. The average molecular weight is 235 g/mol. The number of halogens is 1. The Bertz CT molecular complexity index is 498. The van der Waals surface area contributed by atoms with Gasteiger partial charge in [-0.1, -0.05) is 0 Å². The quantitative estimate of drug-likeness (QED) is 0.447. The number of ether oxygens (including phenoxy) is 1. The maximum Gasteiger partial charge on any atom is 0.335 e. The van der Waals surface area contributed by atoms with Gasteiger partial charge in [0.25, 0.3) is 5.69 Å². The Hall–Kier alpha value is -1.70. The van der Waals surface area contributed by atoms with Gasteiger partial charge in [-0.05, 0) is 6.07 Å². The van der Waals surface area contributed by atoms with E-state index in [1.165, 1.54) is 0 Å². The van der Waals surface area contributed by atoms with Crippen molar-refractivity contribution in [2.75, 3.05) is 7.11 Å². The zero-order valence-corrected chi connectivity index (χ0v) is 8.32. The maximum atomic E-state index is 12.6. The molecule has 1 rings (SSSR count). The summed E-state index contributed by atoms with van der Waals surface area (Å²) in [5, 5.41) is 10.3. The fraction of sp³-hybridized carbons (Fsp3) is 0.143. The first-order valence-corrected chi connectivity index (χ1v) is 5.01. The molecule has 15 heavy (non-hydrogen) atoms. The molecule has 1 aromatic rings. The maximum absolute atomic E-state index is 12.6. The summed E-state index contributed by atoms with van der Waals surface area (Å²) in [6, 6.07) is 2.51. The number of rotatable bonds is 3. The van der Waals surface area contributed by atoms with E-state index in [0.717, 1.165) is 25.3 Å². The molecule has 0 aliphatic carbocycles. The Morgan fingerprint density at radius 2 is 2.07 bits per heavy atom. The van der Waals surface area contributed by atoms with Gasteiger partial charge in [0.1, 0.15) is 10.6 Å². The molecule has 0 aliphatic rings. The summed E-state index contributed by atoms with van der Waals surface area (Å²) in [6.45, 7) is 0. The van der Waals surface area contributed by atoms with Crippen LogP contribution in [-0.2, 0) is 10.2 Å². The van der Waals surface area contributed by atoms with Crippen LogP contribution < -0.4 is 4.74 Å². The minimum Gasteiger partial charge on any atom is -0.495 e. The molecular weight excluding hydrogens is 229 g/mol. The second kappa shape index (κ2) is 3.81. The van der Waals surface area contributed by atoms with Gasteiger partial charge in [-0.25, -0.2) is 0 Å². The molecule has 0 saturated heterocycles. The summed E-state index contributed by atoms with van der Waals surface area (Å²) in [4.78, 5) is 8.87. The van der Waals surface area contributed by atoms with Gasteiger partial charge in [-0.2, -0.15) is 8.42 Å². The van der Waals surface area contributed by atoms with Crippen LogP contribution in [0.5, 0.6) is 5.75 Å². The second-order valence-corrected chi connectivity index (χ2v) is 3.85. The fourth-order valence-corrected chi connectivity index (χ4v) is 1.58. The first-order valence-electron chi connectivity index (χ1n) is 3.63. The van der Waals surface area contributed by atoms with Gasteiger partial charge in [-0.15, -0.1) is 3.89 Å². The molecule has 0 spiro atoms. The van der Waals surface area contributed by atoms with Gasteiger partial charge in [0.15, 0.2) is 0 Å². The second-order valence-electron chi connectivity index (χ2n) is 2.53. The van der Waals surface area contributed by atoms with E-state index in [4.69, 9.17) is 0 Å². The van der Waals surface area contributed by atoms with Gasteiger partial charge < -0.3 is 4.74 Å². The molecule has 0 aliphatic heterocycles. The minimum absolute atomic E-state index is 0.376. The molecule has 0 heterocycles. The molecule has 0 radical (unpaired) electrons. The standard InChI is InChI=1S/C7H6FNO5S/c1-14-6-4-5(9(10)11)2-3-7(6)15(8,12)13/h2-4H,1H3. The summed E-state index contributed by atoms with van der Waals surface area (Å²) in [5.41, 5.74) is -0.376. The third-order valence-electron chi connectivity index (χ3n) is 1.62. The molecule has 0 aromatic heterocycles. The Labute approximate surface area is 84.6 Å². The Morgan fingerprint density at radius 3 is 2.47 bits per heavy atom. The van der Waals surface area contributed by atoms with Gasteiger partial charge >= 0.3 is 10.2 Å². The zero-order valence-electron chi connectivity index (χ0n) is 7.51. The molecule has 0 bridgehead atoms. The first-order chi connectivity index (χ1) is 6.86. The number of nitro groups is 1. The van der Waals surface area contributed by atoms with E-state index in [1.54, 1.807) is 0 Å². The highest BCUT2D eigenvalue weighted by Crippen LogP contribution is 2.29. The number of nitrogens with zero attached hydrogens (tertiary/aromatic N) is 1. The SMILES string of the molecule is COc1cc([N+](=O)[O-])ccc1S(=O)(=O)F.